The van der Waals surface area contributed by atoms with Gasteiger partial charge in [0.2, 0.25) is 5.00 Å². The number of aryl methyl sites for hydroxylation is 1. The van der Waals surface area contributed by atoms with Crippen LogP contribution in [-0.2, 0) is 24.7 Å². The Morgan fingerprint density at radius 1 is 0.889 bits per heavy atom. The van der Waals surface area contributed by atoms with Crippen LogP contribution in [-0.4, -0.2) is 42.6 Å². The average Bonchev–Trinajstić information content (AvgIpc) is 3.63. The average molecular weight is 654 g/mol. The molecule has 0 spiro atoms. The molecule has 0 bridgehead atoms. The number of aliphatic carboxylic acids is 1. The lowest BCUT2D eigenvalue weighted by Gasteiger charge is -2.15. The van der Waals surface area contributed by atoms with Crippen molar-refractivity contribution in [1.82, 2.24) is 8.96 Å². The molecular weight excluding hydrogens is 631 g/mol. The van der Waals surface area contributed by atoms with Crippen molar-refractivity contribution in [1.29, 1.82) is 0 Å². The lowest BCUT2D eigenvalue weighted by atomic mass is 9.97. The highest BCUT2D eigenvalue weighted by atomic mass is 32.2. The number of carboxylic acid groups (broad SMARTS) is 1. The molecule has 9 nitrogen and oxygen atoms in total. The van der Waals surface area contributed by atoms with Gasteiger partial charge in [0, 0.05) is 40.0 Å². The van der Waals surface area contributed by atoms with Crippen molar-refractivity contribution in [3.63, 3.8) is 0 Å². The third-order valence-corrected chi connectivity index (χ3v) is 11.4. The monoisotopic (exact) mass is 653 g/mol. The van der Waals surface area contributed by atoms with Crippen molar-refractivity contribution in [2.45, 2.75) is 16.7 Å². The first-order valence-electron chi connectivity index (χ1n) is 13.4. The van der Waals surface area contributed by atoms with Crippen LogP contribution in [0.1, 0.15) is 5.56 Å². The first-order chi connectivity index (χ1) is 21.5. The summed E-state index contributed by atoms with van der Waals surface area (Å²) in [6.07, 6.45) is 2.55. The van der Waals surface area contributed by atoms with Gasteiger partial charge in [-0.2, -0.15) is 11.3 Å². The molecule has 1 N–H and O–H groups in total. The Labute approximate surface area is 263 Å². The zero-order valence-corrected chi connectivity index (χ0v) is 26.0. The first-order valence-corrected chi connectivity index (χ1v) is 17.4. The van der Waals surface area contributed by atoms with E-state index in [2.05, 4.69) is 9.83 Å². The van der Waals surface area contributed by atoms with E-state index in [9.17, 15) is 21.6 Å². The second-order valence-corrected chi connectivity index (χ2v) is 14.9. The number of hydrogen-bond donors (Lipinski definition) is 1. The Bertz CT molecular complexity index is 2380. The van der Waals surface area contributed by atoms with Gasteiger partial charge in [-0.3, -0.25) is 9.78 Å². The number of nitrogens with zero attached hydrogens (tertiary/aromatic N) is 3. The second-order valence-electron chi connectivity index (χ2n) is 10.2. The molecule has 0 unspecified atom stereocenters. The molecule has 0 saturated heterocycles. The van der Waals surface area contributed by atoms with E-state index in [4.69, 9.17) is 11.7 Å². The summed E-state index contributed by atoms with van der Waals surface area (Å²) < 4.78 is 55.5. The van der Waals surface area contributed by atoms with Crippen LogP contribution < -0.4 is 0 Å². The fraction of sp³-hybridized carbons (Fsp3) is 0.0606. The summed E-state index contributed by atoms with van der Waals surface area (Å²) in [5, 5.41) is 11.9. The molecule has 6 rings (SSSR count). The number of fused-ring (bicyclic) bond motifs is 1. The summed E-state index contributed by atoms with van der Waals surface area (Å²) in [5.74, 6) is -2.56. The van der Waals surface area contributed by atoms with Gasteiger partial charge in [-0.1, -0.05) is 60.2 Å². The van der Waals surface area contributed by atoms with Crippen LogP contribution >= 0.6 is 11.3 Å². The summed E-state index contributed by atoms with van der Waals surface area (Å²) in [6, 6.07) is 23.8. The molecule has 12 heteroatoms. The van der Waals surface area contributed by atoms with Gasteiger partial charge >= 0.3 is 5.97 Å². The molecular formula is C33H23N3O6S3. The van der Waals surface area contributed by atoms with Crippen molar-refractivity contribution < 1.29 is 26.7 Å². The second kappa shape index (κ2) is 11.4. The molecule has 0 radical (unpaired) electrons. The van der Waals surface area contributed by atoms with Crippen LogP contribution in [0.5, 0.6) is 0 Å². The number of aromatic nitrogens is 2. The van der Waals surface area contributed by atoms with E-state index in [0.717, 1.165) is 11.8 Å². The Balaban J connectivity index is 1.66. The van der Waals surface area contributed by atoms with Gasteiger partial charge in [-0.15, -0.1) is 0 Å². The van der Waals surface area contributed by atoms with Gasteiger partial charge in [0.05, 0.1) is 27.6 Å². The summed E-state index contributed by atoms with van der Waals surface area (Å²) in [4.78, 5) is 18.8. The summed E-state index contributed by atoms with van der Waals surface area (Å²) in [7, 11) is -8.32. The summed E-state index contributed by atoms with van der Waals surface area (Å²) in [5.41, 5.74) is 4.25. The largest absolute Gasteiger partial charge is 0.480 e. The molecule has 45 heavy (non-hydrogen) atoms. The van der Waals surface area contributed by atoms with E-state index < -0.39 is 31.6 Å². The quantitative estimate of drug-likeness (QED) is 0.174. The number of rotatable bonds is 8. The zero-order valence-electron chi connectivity index (χ0n) is 23.6. The maximum Gasteiger partial charge on any atom is 0.319 e. The number of benzene rings is 3. The van der Waals surface area contributed by atoms with E-state index >= 15 is 0 Å². The minimum absolute atomic E-state index is 0.0917. The third-order valence-electron chi connectivity index (χ3n) is 7.26. The SMILES string of the molecule is [C-]#[N+]c1sccc1-c1c(-c2cccc(-c3cncc(S(=O)(=O)CC(=O)O)c3)c2)n(S(=O)(=O)c2ccc(C)cc2)c2ccccc12. The van der Waals surface area contributed by atoms with Crippen LogP contribution in [0.4, 0.5) is 5.00 Å². The van der Waals surface area contributed by atoms with Crippen molar-refractivity contribution in [3.05, 3.63) is 120 Å². The highest BCUT2D eigenvalue weighted by molar-refractivity contribution is 7.92. The molecule has 0 saturated carbocycles. The lowest BCUT2D eigenvalue weighted by molar-refractivity contribution is -0.134. The molecule has 0 fully saturated rings. The minimum Gasteiger partial charge on any atom is -0.480 e. The van der Waals surface area contributed by atoms with Crippen LogP contribution in [0.2, 0.25) is 0 Å². The molecule has 0 amide bonds. The molecule has 3 heterocycles. The lowest BCUT2D eigenvalue weighted by Crippen LogP contribution is -2.15. The number of thiophene rings is 1. The number of para-hydroxylation sites is 1. The van der Waals surface area contributed by atoms with E-state index in [0.29, 0.717) is 49.4 Å². The molecule has 0 aliphatic heterocycles. The standard InChI is InChI=1S/C33H23N3O6S3/c1-21-10-12-25(13-11-21)45(41,42)36-29-9-4-3-8-27(29)31(28-14-15-43-33(28)34-2)32(36)23-7-5-6-22(16-23)24-17-26(19-35-18-24)44(39,40)20-30(37)38/h3-19H,20H2,1H3,(H,37,38). The Hall–Kier alpha value is -5.09. The Morgan fingerprint density at radius 3 is 2.36 bits per heavy atom. The predicted molar refractivity (Wildman–Crippen MR) is 174 cm³/mol. The third kappa shape index (κ3) is 5.42. The van der Waals surface area contributed by atoms with Gasteiger partial charge in [0.25, 0.3) is 10.0 Å². The number of sulfone groups is 1. The molecule has 3 aromatic carbocycles. The molecule has 0 aliphatic carbocycles. The van der Waals surface area contributed by atoms with Gasteiger partial charge < -0.3 is 5.11 Å². The van der Waals surface area contributed by atoms with E-state index in [1.165, 1.54) is 27.6 Å². The molecule has 6 aromatic rings. The van der Waals surface area contributed by atoms with Crippen molar-refractivity contribution >= 4 is 53.1 Å². The van der Waals surface area contributed by atoms with Crippen LogP contribution in [0.15, 0.2) is 112 Å². The number of carboxylic acids is 1. The first kappa shape index (κ1) is 30.0. The van der Waals surface area contributed by atoms with Crippen LogP contribution in [0, 0.1) is 13.5 Å². The predicted octanol–water partition coefficient (Wildman–Crippen LogP) is 7.05. The molecule has 0 atom stereocenters. The Morgan fingerprint density at radius 2 is 1.62 bits per heavy atom. The number of hydrogen-bond acceptors (Lipinski definition) is 7. The summed E-state index contributed by atoms with van der Waals surface area (Å²) >= 11 is 1.26. The fourth-order valence-corrected chi connectivity index (χ4v) is 8.48. The zero-order chi connectivity index (χ0) is 31.9. The normalized spacial score (nSPS) is 11.8. The highest BCUT2D eigenvalue weighted by Gasteiger charge is 2.30. The molecule has 0 aliphatic rings. The van der Waals surface area contributed by atoms with Gasteiger partial charge in [-0.05, 0) is 48.2 Å². The number of pyridine rings is 1. The van der Waals surface area contributed by atoms with Crippen LogP contribution in [0.25, 0.3) is 49.3 Å². The maximum atomic E-state index is 14.5. The topological polar surface area (TPSA) is 128 Å². The van der Waals surface area contributed by atoms with Gasteiger partial charge in [0.1, 0.15) is 0 Å². The van der Waals surface area contributed by atoms with Crippen molar-refractivity contribution in [2.24, 2.45) is 0 Å². The Kier molecular flexibility index (Phi) is 7.62. The van der Waals surface area contributed by atoms with Crippen LogP contribution in [0.3, 0.4) is 0 Å². The fourth-order valence-electron chi connectivity index (χ4n) is 5.23. The summed E-state index contributed by atoms with van der Waals surface area (Å²) in [6.45, 7) is 9.67. The van der Waals surface area contributed by atoms with E-state index in [-0.39, 0.29) is 9.79 Å². The highest BCUT2D eigenvalue weighted by Crippen LogP contribution is 2.48. The van der Waals surface area contributed by atoms with Crippen molar-refractivity contribution in [3.8, 4) is 33.5 Å². The minimum atomic E-state index is -4.17. The van der Waals surface area contributed by atoms with Crippen molar-refractivity contribution in [2.75, 3.05) is 5.75 Å². The molecule has 3 aromatic heterocycles. The maximum absolute atomic E-state index is 14.5. The number of carbonyl (C=O) groups is 1. The smallest absolute Gasteiger partial charge is 0.319 e. The van der Waals surface area contributed by atoms with E-state index in [1.807, 2.05) is 19.1 Å². The molecule has 224 valence electrons. The van der Waals surface area contributed by atoms with Gasteiger partial charge in [0.15, 0.2) is 15.6 Å². The van der Waals surface area contributed by atoms with E-state index in [1.54, 1.807) is 72.1 Å². The van der Waals surface area contributed by atoms with Gasteiger partial charge in [-0.25, -0.2) is 25.7 Å².